The number of rotatable bonds is 4. The second-order valence-corrected chi connectivity index (χ2v) is 3.75. The van der Waals surface area contributed by atoms with Crippen LogP contribution in [0.15, 0.2) is 0 Å². The quantitative estimate of drug-likeness (QED) is 0.634. The first kappa shape index (κ1) is 11.9. The van der Waals surface area contributed by atoms with Crippen molar-refractivity contribution in [2.45, 2.75) is 33.2 Å². The Morgan fingerprint density at radius 1 is 1.53 bits per heavy atom. The summed E-state index contributed by atoms with van der Waals surface area (Å²) < 4.78 is 0. The predicted molar refractivity (Wildman–Crippen MR) is 60.5 cm³/mol. The Balaban J connectivity index is 3.09. The average Bonchev–Trinajstić information content (AvgIpc) is 2.17. The maximum atomic E-state index is 10.8. The van der Waals surface area contributed by atoms with Crippen molar-refractivity contribution in [3.8, 4) is 0 Å². The van der Waals surface area contributed by atoms with Crippen molar-refractivity contribution in [2.24, 2.45) is 0 Å². The first-order valence-corrected chi connectivity index (χ1v) is 5.22. The van der Waals surface area contributed by atoms with E-state index in [1.165, 1.54) is 0 Å². The van der Waals surface area contributed by atoms with E-state index in [1.807, 2.05) is 13.8 Å². The van der Waals surface area contributed by atoms with Gasteiger partial charge in [0.25, 0.3) is 0 Å². The average molecular weight is 228 g/mol. The van der Waals surface area contributed by atoms with Gasteiger partial charge in [-0.1, -0.05) is 18.5 Å². The van der Waals surface area contributed by atoms with Crippen molar-refractivity contribution in [1.82, 2.24) is 9.97 Å². The van der Waals surface area contributed by atoms with Crippen molar-refractivity contribution in [2.75, 3.05) is 5.32 Å². The molecule has 0 saturated carbocycles. The van der Waals surface area contributed by atoms with E-state index in [4.69, 9.17) is 11.6 Å². The van der Waals surface area contributed by atoms with Crippen LogP contribution in [0.4, 0.5) is 5.82 Å². The zero-order valence-corrected chi connectivity index (χ0v) is 9.80. The number of hydrogen-bond donors (Lipinski definition) is 1. The minimum absolute atomic E-state index is 0.198. The Hall–Kier alpha value is -1.16. The molecule has 1 aromatic rings. The lowest BCUT2D eigenvalue weighted by molar-refractivity contribution is 0.112. The summed E-state index contributed by atoms with van der Waals surface area (Å²) in [6.45, 7) is 5.80. The highest BCUT2D eigenvalue weighted by atomic mass is 35.5. The van der Waals surface area contributed by atoms with Gasteiger partial charge in [0.05, 0.1) is 5.56 Å². The first-order chi connectivity index (χ1) is 7.08. The largest absolute Gasteiger partial charge is 0.367 e. The van der Waals surface area contributed by atoms with E-state index in [-0.39, 0.29) is 11.2 Å². The molecular weight excluding hydrogens is 214 g/mol. The fourth-order valence-electron chi connectivity index (χ4n) is 1.10. The Morgan fingerprint density at radius 3 is 2.73 bits per heavy atom. The number of aldehydes is 1. The highest BCUT2D eigenvalue weighted by Gasteiger charge is 2.12. The van der Waals surface area contributed by atoms with Gasteiger partial charge in [0, 0.05) is 6.04 Å². The van der Waals surface area contributed by atoms with Crippen LogP contribution in [0, 0.1) is 6.92 Å². The normalized spacial score (nSPS) is 12.3. The number of carbonyl (C=O) groups excluding carboxylic acids is 1. The SMILES string of the molecule is CCC(C)Nc1nc(C)nc(Cl)c1C=O. The molecule has 1 atom stereocenters. The third-order valence-corrected chi connectivity index (χ3v) is 2.41. The Bertz CT molecular complexity index is 368. The van der Waals surface area contributed by atoms with Crippen LogP contribution >= 0.6 is 11.6 Å². The standard InChI is InChI=1S/C10H14ClN3O/c1-4-6(2)12-10-8(5-15)9(11)13-7(3)14-10/h5-6H,4H2,1-3H3,(H,12,13,14). The van der Waals surface area contributed by atoms with Gasteiger partial charge in [-0.25, -0.2) is 9.97 Å². The topological polar surface area (TPSA) is 54.9 Å². The third kappa shape index (κ3) is 2.89. The molecule has 0 bridgehead atoms. The zero-order valence-electron chi connectivity index (χ0n) is 9.04. The molecule has 0 aliphatic rings. The summed E-state index contributed by atoms with van der Waals surface area (Å²) in [6.07, 6.45) is 1.62. The van der Waals surface area contributed by atoms with Crippen LogP contribution in [0.1, 0.15) is 36.5 Å². The van der Waals surface area contributed by atoms with Gasteiger partial charge in [0.2, 0.25) is 0 Å². The number of nitrogens with one attached hydrogen (secondary N) is 1. The predicted octanol–water partition coefficient (Wildman–Crippen LogP) is 2.46. The fourth-order valence-corrected chi connectivity index (χ4v) is 1.35. The highest BCUT2D eigenvalue weighted by Crippen LogP contribution is 2.19. The Labute approximate surface area is 94.1 Å². The second kappa shape index (κ2) is 5.07. The van der Waals surface area contributed by atoms with E-state index in [0.717, 1.165) is 6.42 Å². The fraction of sp³-hybridized carbons (Fsp3) is 0.500. The number of carbonyl (C=O) groups is 1. The molecular formula is C10H14ClN3O. The number of halogens is 1. The molecule has 1 unspecified atom stereocenters. The van der Waals surface area contributed by atoms with E-state index in [0.29, 0.717) is 23.5 Å². The molecule has 0 aliphatic heterocycles. The molecule has 82 valence electrons. The zero-order chi connectivity index (χ0) is 11.4. The minimum atomic E-state index is 0.198. The molecule has 0 saturated heterocycles. The molecule has 1 heterocycles. The summed E-state index contributed by atoms with van der Waals surface area (Å²) in [5.74, 6) is 1.06. The van der Waals surface area contributed by atoms with Crippen LogP contribution in [0.25, 0.3) is 0 Å². The van der Waals surface area contributed by atoms with E-state index in [1.54, 1.807) is 6.92 Å². The summed E-state index contributed by atoms with van der Waals surface area (Å²) in [4.78, 5) is 18.9. The molecule has 4 nitrogen and oxygen atoms in total. The maximum Gasteiger partial charge on any atom is 0.156 e. The van der Waals surface area contributed by atoms with Crippen LogP contribution in [0.2, 0.25) is 5.15 Å². The van der Waals surface area contributed by atoms with Gasteiger partial charge >= 0.3 is 0 Å². The van der Waals surface area contributed by atoms with Gasteiger partial charge in [0.1, 0.15) is 16.8 Å². The minimum Gasteiger partial charge on any atom is -0.367 e. The summed E-state index contributed by atoms with van der Waals surface area (Å²) in [7, 11) is 0. The van der Waals surface area contributed by atoms with E-state index in [9.17, 15) is 4.79 Å². The summed E-state index contributed by atoms with van der Waals surface area (Å²) in [5, 5.41) is 3.32. The summed E-state index contributed by atoms with van der Waals surface area (Å²) >= 11 is 5.84. The van der Waals surface area contributed by atoms with Crippen LogP contribution in [0.3, 0.4) is 0 Å². The summed E-state index contributed by atoms with van der Waals surface area (Å²) in [6, 6.07) is 0.245. The Morgan fingerprint density at radius 2 is 2.20 bits per heavy atom. The van der Waals surface area contributed by atoms with E-state index in [2.05, 4.69) is 15.3 Å². The highest BCUT2D eigenvalue weighted by molar-refractivity contribution is 6.32. The van der Waals surface area contributed by atoms with Gasteiger partial charge in [-0.15, -0.1) is 0 Å². The smallest absolute Gasteiger partial charge is 0.156 e. The van der Waals surface area contributed by atoms with Crippen LogP contribution in [0.5, 0.6) is 0 Å². The van der Waals surface area contributed by atoms with E-state index < -0.39 is 0 Å². The second-order valence-electron chi connectivity index (χ2n) is 3.40. The summed E-state index contributed by atoms with van der Waals surface area (Å²) in [5.41, 5.74) is 0.322. The van der Waals surface area contributed by atoms with Crippen molar-refractivity contribution < 1.29 is 4.79 Å². The van der Waals surface area contributed by atoms with Crippen molar-refractivity contribution in [3.63, 3.8) is 0 Å². The molecule has 0 fully saturated rings. The van der Waals surface area contributed by atoms with Crippen molar-refractivity contribution >= 4 is 23.7 Å². The third-order valence-electron chi connectivity index (χ3n) is 2.12. The molecule has 0 aliphatic carbocycles. The maximum absolute atomic E-state index is 10.8. The van der Waals surface area contributed by atoms with Crippen molar-refractivity contribution in [1.29, 1.82) is 0 Å². The van der Waals surface area contributed by atoms with Gasteiger partial charge < -0.3 is 5.32 Å². The molecule has 1 N–H and O–H groups in total. The molecule has 15 heavy (non-hydrogen) atoms. The van der Waals surface area contributed by atoms with E-state index >= 15 is 0 Å². The lowest BCUT2D eigenvalue weighted by Gasteiger charge is -2.14. The number of nitrogens with zero attached hydrogens (tertiary/aromatic N) is 2. The lowest BCUT2D eigenvalue weighted by atomic mass is 10.2. The molecule has 0 spiro atoms. The molecule has 0 amide bonds. The van der Waals surface area contributed by atoms with Gasteiger partial charge in [-0.2, -0.15) is 0 Å². The molecule has 1 rings (SSSR count). The van der Waals surface area contributed by atoms with Crippen LogP contribution in [-0.4, -0.2) is 22.3 Å². The Kier molecular flexibility index (Phi) is 4.03. The monoisotopic (exact) mass is 227 g/mol. The number of aromatic nitrogens is 2. The van der Waals surface area contributed by atoms with Gasteiger partial charge in [-0.3, -0.25) is 4.79 Å². The van der Waals surface area contributed by atoms with Gasteiger partial charge in [0.15, 0.2) is 6.29 Å². The molecule has 0 radical (unpaired) electrons. The number of aryl methyl sites for hydroxylation is 1. The first-order valence-electron chi connectivity index (χ1n) is 4.84. The number of hydrogen-bond acceptors (Lipinski definition) is 4. The van der Waals surface area contributed by atoms with Crippen molar-refractivity contribution in [3.05, 3.63) is 16.5 Å². The molecule has 1 aromatic heterocycles. The van der Waals surface area contributed by atoms with Gasteiger partial charge in [-0.05, 0) is 20.3 Å². The van der Waals surface area contributed by atoms with Crippen LogP contribution in [-0.2, 0) is 0 Å². The van der Waals surface area contributed by atoms with Crippen LogP contribution < -0.4 is 5.32 Å². The lowest BCUT2D eigenvalue weighted by Crippen LogP contribution is -2.17. The molecule has 5 heteroatoms. The number of anilines is 1. The molecule has 0 aromatic carbocycles.